The fraction of sp³-hybridized carbons (Fsp3) is 0.304. The van der Waals surface area contributed by atoms with E-state index >= 15 is 0 Å². The number of anilines is 1. The molecule has 5 nitrogen and oxygen atoms in total. The fourth-order valence-electron chi connectivity index (χ4n) is 3.99. The molecular weight excluding hydrogens is 423 g/mol. The van der Waals surface area contributed by atoms with Crippen molar-refractivity contribution in [1.29, 1.82) is 0 Å². The van der Waals surface area contributed by atoms with E-state index in [1.165, 1.54) is 4.90 Å². The minimum atomic E-state index is -0.333. The minimum Gasteiger partial charge on any atom is -0.382 e. The van der Waals surface area contributed by atoms with Gasteiger partial charge in [-0.2, -0.15) is 0 Å². The molecule has 156 valence electrons. The van der Waals surface area contributed by atoms with Crippen molar-refractivity contribution in [3.63, 3.8) is 0 Å². The Bertz CT molecular complexity index is 1030. The van der Waals surface area contributed by atoms with Gasteiger partial charge in [-0.05, 0) is 43.5 Å². The molecule has 0 aromatic heterocycles. The van der Waals surface area contributed by atoms with E-state index in [1.54, 1.807) is 18.2 Å². The number of halogens is 2. The van der Waals surface area contributed by atoms with Gasteiger partial charge in [-0.3, -0.25) is 14.5 Å². The topological polar surface area (TPSA) is 49.9 Å². The molecular formula is C23H22Cl2N2O3. The Morgan fingerprint density at radius 1 is 1.07 bits per heavy atom. The number of amides is 2. The maximum atomic E-state index is 13.4. The summed E-state index contributed by atoms with van der Waals surface area (Å²) in [5, 5.41) is 0.822. The summed E-state index contributed by atoms with van der Waals surface area (Å²) in [6.07, 6.45) is 1.39. The van der Waals surface area contributed by atoms with Gasteiger partial charge in [-0.15, -0.1) is 0 Å². The highest BCUT2D eigenvalue weighted by Gasteiger charge is 2.43. The van der Waals surface area contributed by atoms with Crippen LogP contribution >= 0.6 is 23.2 Å². The molecule has 2 heterocycles. The second-order valence-corrected chi connectivity index (χ2v) is 8.03. The average molecular weight is 445 g/mol. The molecule has 2 aliphatic rings. The number of para-hydroxylation sites is 1. The number of fused-ring (bicyclic) bond motifs is 1. The molecule has 0 spiro atoms. The van der Waals surface area contributed by atoms with E-state index in [-0.39, 0.29) is 11.8 Å². The summed E-state index contributed by atoms with van der Waals surface area (Å²) in [6.45, 7) is 3.94. The monoisotopic (exact) mass is 444 g/mol. The zero-order valence-corrected chi connectivity index (χ0v) is 18.2. The Morgan fingerprint density at radius 3 is 2.63 bits per heavy atom. The molecule has 0 radical (unpaired) electrons. The molecule has 2 aromatic carbocycles. The Balaban J connectivity index is 1.77. The van der Waals surface area contributed by atoms with Crippen LogP contribution in [0.2, 0.25) is 10.0 Å². The predicted octanol–water partition coefficient (Wildman–Crippen LogP) is 4.56. The number of hydrogen-bond acceptors (Lipinski definition) is 4. The third-order valence-corrected chi connectivity index (χ3v) is 5.92. The van der Waals surface area contributed by atoms with E-state index in [0.717, 1.165) is 17.7 Å². The second kappa shape index (κ2) is 8.80. The van der Waals surface area contributed by atoms with Crippen LogP contribution < -0.4 is 4.90 Å². The smallest absolute Gasteiger partial charge is 0.278 e. The lowest BCUT2D eigenvalue weighted by Gasteiger charge is -2.22. The molecule has 0 N–H and O–H groups in total. The molecule has 7 heteroatoms. The van der Waals surface area contributed by atoms with Crippen molar-refractivity contribution < 1.29 is 14.3 Å². The van der Waals surface area contributed by atoms with E-state index in [9.17, 15) is 9.59 Å². The molecule has 2 aliphatic heterocycles. The Morgan fingerprint density at radius 2 is 1.87 bits per heavy atom. The number of carbonyl (C=O) groups is 2. The van der Waals surface area contributed by atoms with Gasteiger partial charge in [-0.1, -0.05) is 47.5 Å². The van der Waals surface area contributed by atoms with Crippen LogP contribution in [0, 0.1) is 0 Å². The maximum absolute atomic E-state index is 13.4. The highest BCUT2D eigenvalue weighted by Crippen LogP contribution is 2.40. The van der Waals surface area contributed by atoms with E-state index in [1.807, 2.05) is 36.1 Å². The van der Waals surface area contributed by atoms with Crippen molar-refractivity contribution >= 4 is 46.3 Å². The van der Waals surface area contributed by atoms with Gasteiger partial charge in [0, 0.05) is 42.6 Å². The zero-order valence-electron chi connectivity index (χ0n) is 16.7. The summed E-state index contributed by atoms with van der Waals surface area (Å²) < 4.78 is 5.37. The quantitative estimate of drug-likeness (QED) is 0.463. The molecule has 4 rings (SSSR count). The van der Waals surface area contributed by atoms with Crippen LogP contribution in [0.25, 0.3) is 5.57 Å². The second-order valence-electron chi connectivity index (χ2n) is 7.19. The predicted molar refractivity (Wildman–Crippen MR) is 119 cm³/mol. The molecule has 0 unspecified atom stereocenters. The number of carbonyl (C=O) groups excluding carboxylic acids is 2. The largest absolute Gasteiger partial charge is 0.382 e. The summed E-state index contributed by atoms with van der Waals surface area (Å²) in [6, 6.07) is 12.9. The van der Waals surface area contributed by atoms with Crippen LogP contribution in [0.1, 0.15) is 24.5 Å². The summed E-state index contributed by atoms with van der Waals surface area (Å²) in [7, 11) is 0. The molecule has 2 amide bonds. The SMILES string of the molecule is CCOCCCN1C(=O)C(c2ccc(Cl)cc2Cl)=C(N2CCc3ccccc32)C1=O. The van der Waals surface area contributed by atoms with Crippen molar-refractivity contribution in [2.24, 2.45) is 0 Å². The van der Waals surface area contributed by atoms with Gasteiger partial charge in [0.05, 0.1) is 10.6 Å². The summed E-state index contributed by atoms with van der Waals surface area (Å²) in [5.41, 5.74) is 3.33. The van der Waals surface area contributed by atoms with Crippen LogP contribution in [0.5, 0.6) is 0 Å². The molecule has 30 heavy (non-hydrogen) atoms. The van der Waals surface area contributed by atoms with Gasteiger partial charge in [-0.25, -0.2) is 0 Å². The first-order chi connectivity index (χ1) is 14.5. The van der Waals surface area contributed by atoms with Crippen molar-refractivity contribution in [2.45, 2.75) is 19.8 Å². The number of nitrogens with zero attached hydrogens (tertiary/aromatic N) is 2. The number of imide groups is 1. The van der Waals surface area contributed by atoms with Crippen molar-refractivity contribution in [2.75, 3.05) is 31.2 Å². The van der Waals surface area contributed by atoms with Gasteiger partial charge in [0.25, 0.3) is 11.8 Å². The van der Waals surface area contributed by atoms with Crippen molar-refractivity contribution in [1.82, 2.24) is 4.90 Å². The minimum absolute atomic E-state index is 0.297. The van der Waals surface area contributed by atoms with Crippen LogP contribution in [-0.4, -0.2) is 43.0 Å². The molecule has 0 aliphatic carbocycles. The zero-order chi connectivity index (χ0) is 21.3. The van der Waals surface area contributed by atoms with E-state index in [2.05, 4.69) is 0 Å². The number of benzene rings is 2. The number of rotatable bonds is 7. The summed E-state index contributed by atoms with van der Waals surface area (Å²) >= 11 is 12.5. The highest BCUT2D eigenvalue weighted by molar-refractivity contribution is 6.41. The van der Waals surface area contributed by atoms with Gasteiger partial charge in [0.1, 0.15) is 5.70 Å². The molecule has 0 saturated carbocycles. The number of hydrogen-bond donors (Lipinski definition) is 0. The third-order valence-electron chi connectivity index (χ3n) is 5.38. The van der Waals surface area contributed by atoms with Gasteiger partial charge in [0.2, 0.25) is 0 Å². The van der Waals surface area contributed by atoms with Crippen LogP contribution in [0.4, 0.5) is 5.69 Å². The van der Waals surface area contributed by atoms with Gasteiger partial charge >= 0.3 is 0 Å². The molecule has 2 aromatic rings. The van der Waals surface area contributed by atoms with E-state index in [4.69, 9.17) is 27.9 Å². The summed E-state index contributed by atoms with van der Waals surface area (Å²) in [5.74, 6) is -0.630. The van der Waals surface area contributed by atoms with Crippen LogP contribution in [-0.2, 0) is 20.7 Å². The first kappa shape index (κ1) is 20.9. The van der Waals surface area contributed by atoms with Gasteiger partial charge in [0.15, 0.2) is 0 Å². The van der Waals surface area contributed by atoms with Crippen LogP contribution in [0.15, 0.2) is 48.2 Å². The van der Waals surface area contributed by atoms with E-state index < -0.39 is 0 Å². The normalized spacial score (nSPS) is 16.1. The third kappa shape index (κ3) is 3.73. The lowest BCUT2D eigenvalue weighted by atomic mass is 10.0. The lowest BCUT2D eigenvalue weighted by molar-refractivity contribution is -0.137. The lowest BCUT2D eigenvalue weighted by Crippen LogP contribution is -2.36. The highest BCUT2D eigenvalue weighted by atomic mass is 35.5. The standard InChI is InChI=1S/C23H22Cl2N2O3/c1-2-30-13-5-11-27-22(28)20(17-9-8-16(24)14-18(17)25)21(23(27)29)26-12-10-15-6-3-4-7-19(15)26/h3-4,6-9,14H,2,5,10-13H2,1H3. The van der Waals surface area contributed by atoms with Crippen molar-refractivity contribution in [3.05, 3.63) is 69.3 Å². The number of ether oxygens (including phenoxy) is 1. The first-order valence-electron chi connectivity index (χ1n) is 10.0. The van der Waals surface area contributed by atoms with Crippen molar-refractivity contribution in [3.8, 4) is 0 Å². The van der Waals surface area contributed by atoms with Crippen LogP contribution in [0.3, 0.4) is 0 Å². The van der Waals surface area contributed by atoms with Gasteiger partial charge < -0.3 is 9.64 Å². The fourth-order valence-corrected chi connectivity index (χ4v) is 4.49. The summed E-state index contributed by atoms with van der Waals surface area (Å²) in [4.78, 5) is 30.1. The Hall–Kier alpha value is -2.34. The van der Waals surface area contributed by atoms with E-state index in [0.29, 0.717) is 59.6 Å². The maximum Gasteiger partial charge on any atom is 0.278 e. The molecule has 0 atom stereocenters. The average Bonchev–Trinajstić information content (AvgIpc) is 3.25. The first-order valence-corrected chi connectivity index (χ1v) is 10.8. The Kier molecular flexibility index (Phi) is 6.14. The molecule has 0 bridgehead atoms. The molecule has 0 saturated heterocycles. The Labute approximate surface area is 185 Å². The molecule has 0 fully saturated rings.